The molecular formula is C25H26F4N2O2. The zero-order chi connectivity index (χ0) is 23.6. The molecule has 4 rings (SSSR count). The van der Waals surface area contributed by atoms with Crippen molar-refractivity contribution in [3.8, 4) is 0 Å². The van der Waals surface area contributed by atoms with Crippen LogP contribution in [-0.4, -0.2) is 47.3 Å². The van der Waals surface area contributed by atoms with Crippen molar-refractivity contribution in [3.63, 3.8) is 0 Å². The van der Waals surface area contributed by atoms with Crippen molar-refractivity contribution in [1.82, 2.24) is 9.80 Å². The number of piperidine rings is 1. The molecule has 0 bridgehead atoms. The summed E-state index contributed by atoms with van der Waals surface area (Å²) in [5, 5.41) is 0. The summed E-state index contributed by atoms with van der Waals surface area (Å²) in [6, 6.07) is 10.7. The summed E-state index contributed by atoms with van der Waals surface area (Å²) in [4.78, 5) is 29.4. The molecule has 8 heteroatoms. The molecule has 0 spiro atoms. The number of alkyl halides is 3. The number of benzene rings is 2. The summed E-state index contributed by atoms with van der Waals surface area (Å²) < 4.78 is 51.7. The Labute approximate surface area is 190 Å². The topological polar surface area (TPSA) is 40.6 Å². The molecule has 176 valence electrons. The Morgan fingerprint density at radius 1 is 0.939 bits per heavy atom. The number of carbonyl (C=O) groups excluding carboxylic acids is 2. The molecule has 2 aromatic carbocycles. The first-order valence-electron chi connectivity index (χ1n) is 11.2. The zero-order valence-electron chi connectivity index (χ0n) is 18.2. The van der Waals surface area contributed by atoms with Crippen LogP contribution in [0.2, 0.25) is 0 Å². The van der Waals surface area contributed by atoms with E-state index in [9.17, 15) is 27.2 Å². The molecule has 2 amide bonds. The van der Waals surface area contributed by atoms with Crippen molar-refractivity contribution in [2.24, 2.45) is 5.92 Å². The SMILES string of the molecule is O=C(c1ccc(C(F)(F)F)cc1)N1CCC(C(=O)N2CCCC2Cc2cccc(F)c2)CC1. The van der Waals surface area contributed by atoms with Crippen LogP contribution >= 0.6 is 0 Å². The van der Waals surface area contributed by atoms with Crippen LogP contribution in [0.1, 0.15) is 47.2 Å². The van der Waals surface area contributed by atoms with Gasteiger partial charge in [-0.1, -0.05) is 12.1 Å². The monoisotopic (exact) mass is 462 g/mol. The van der Waals surface area contributed by atoms with Crippen molar-refractivity contribution in [3.05, 3.63) is 71.0 Å². The Morgan fingerprint density at radius 2 is 1.64 bits per heavy atom. The van der Waals surface area contributed by atoms with Gasteiger partial charge in [-0.15, -0.1) is 0 Å². The highest BCUT2D eigenvalue weighted by Gasteiger charge is 2.36. The lowest BCUT2D eigenvalue weighted by Crippen LogP contribution is -2.46. The zero-order valence-corrected chi connectivity index (χ0v) is 18.2. The van der Waals surface area contributed by atoms with Gasteiger partial charge in [0.1, 0.15) is 5.82 Å². The van der Waals surface area contributed by atoms with Crippen LogP contribution < -0.4 is 0 Å². The van der Waals surface area contributed by atoms with E-state index in [4.69, 9.17) is 0 Å². The highest BCUT2D eigenvalue weighted by molar-refractivity contribution is 5.94. The fourth-order valence-electron chi connectivity index (χ4n) is 4.82. The first-order valence-corrected chi connectivity index (χ1v) is 11.2. The number of nitrogens with zero attached hydrogens (tertiary/aromatic N) is 2. The minimum absolute atomic E-state index is 0.0473. The smallest absolute Gasteiger partial charge is 0.339 e. The maximum atomic E-state index is 13.5. The minimum atomic E-state index is -4.44. The number of carbonyl (C=O) groups is 2. The molecule has 4 nitrogen and oxygen atoms in total. The number of likely N-dealkylation sites (tertiary alicyclic amines) is 2. The van der Waals surface area contributed by atoms with Gasteiger partial charge in [0, 0.05) is 37.2 Å². The highest BCUT2D eigenvalue weighted by atomic mass is 19.4. The van der Waals surface area contributed by atoms with Gasteiger partial charge >= 0.3 is 6.18 Å². The van der Waals surface area contributed by atoms with Crippen molar-refractivity contribution in [2.45, 2.75) is 44.3 Å². The average molecular weight is 462 g/mol. The molecule has 0 radical (unpaired) electrons. The van der Waals surface area contributed by atoms with Gasteiger partial charge in [-0.25, -0.2) is 4.39 Å². The normalized spacial score (nSPS) is 19.7. The number of hydrogen-bond acceptors (Lipinski definition) is 2. The molecule has 1 atom stereocenters. The fraction of sp³-hybridized carbons (Fsp3) is 0.440. The molecule has 0 saturated carbocycles. The Bertz CT molecular complexity index is 998. The van der Waals surface area contributed by atoms with E-state index in [1.165, 1.54) is 24.3 Å². The minimum Gasteiger partial charge on any atom is -0.339 e. The van der Waals surface area contributed by atoms with E-state index in [-0.39, 0.29) is 35.2 Å². The Hall–Kier alpha value is -2.90. The highest BCUT2D eigenvalue weighted by Crippen LogP contribution is 2.30. The Balaban J connectivity index is 1.33. The molecule has 2 saturated heterocycles. The van der Waals surface area contributed by atoms with Gasteiger partial charge in [0.25, 0.3) is 5.91 Å². The number of halogens is 4. The molecule has 2 fully saturated rings. The van der Waals surface area contributed by atoms with Gasteiger partial charge in [-0.3, -0.25) is 9.59 Å². The second kappa shape index (κ2) is 9.53. The van der Waals surface area contributed by atoms with Crippen molar-refractivity contribution >= 4 is 11.8 Å². The summed E-state index contributed by atoms with van der Waals surface area (Å²) in [7, 11) is 0. The van der Waals surface area contributed by atoms with Gasteiger partial charge in [0.2, 0.25) is 5.91 Å². The van der Waals surface area contributed by atoms with E-state index in [1.807, 2.05) is 11.0 Å². The summed E-state index contributed by atoms with van der Waals surface area (Å²) in [5.74, 6) is -0.710. The summed E-state index contributed by atoms with van der Waals surface area (Å²) in [6.07, 6.45) is -0.982. The quantitative estimate of drug-likeness (QED) is 0.605. The second-order valence-electron chi connectivity index (χ2n) is 8.80. The van der Waals surface area contributed by atoms with Gasteiger partial charge in [0.05, 0.1) is 5.56 Å². The van der Waals surface area contributed by atoms with E-state index in [0.717, 1.165) is 30.5 Å². The van der Waals surface area contributed by atoms with Crippen LogP contribution in [0.25, 0.3) is 0 Å². The number of rotatable bonds is 4. The Morgan fingerprint density at radius 3 is 2.27 bits per heavy atom. The third-order valence-electron chi connectivity index (χ3n) is 6.61. The predicted octanol–water partition coefficient (Wildman–Crippen LogP) is 4.93. The van der Waals surface area contributed by atoms with Gasteiger partial charge in [-0.2, -0.15) is 13.2 Å². The second-order valence-corrected chi connectivity index (χ2v) is 8.80. The average Bonchev–Trinajstić information content (AvgIpc) is 3.26. The Kier molecular flexibility index (Phi) is 6.72. The van der Waals surface area contributed by atoms with E-state index in [0.29, 0.717) is 38.9 Å². The first kappa shape index (κ1) is 23.3. The fourth-order valence-corrected chi connectivity index (χ4v) is 4.82. The molecule has 2 aliphatic rings. The molecule has 2 aromatic rings. The van der Waals surface area contributed by atoms with Gasteiger partial charge in [0.15, 0.2) is 0 Å². The van der Waals surface area contributed by atoms with E-state index >= 15 is 0 Å². The van der Waals surface area contributed by atoms with Crippen LogP contribution in [0.4, 0.5) is 17.6 Å². The third kappa shape index (κ3) is 5.37. The number of amides is 2. The van der Waals surface area contributed by atoms with Crippen LogP contribution in [-0.2, 0) is 17.4 Å². The summed E-state index contributed by atoms with van der Waals surface area (Å²) >= 11 is 0. The van der Waals surface area contributed by atoms with E-state index in [1.54, 1.807) is 11.0 Å². The first-order chi connectivity index (χ1) is 15.7. The summed E-state index contributed by atoms with van der Waals surface area (Å²) in [5.41, 5.74) is 0.292. The molecule has 2 aliphatic heterocycles. The maximum Gasteiger partial charge on any atom is 0.416 e. The lowest BCUT2D eigenvalue weighted by Gasteiger charge is -2.35. The van der Waals surface area contributed by atoms with E-state index in [2.05, 4.69) is 0 Å². The van der Waals surface area contributed by atoms with Crippen molar-refractivity contribution in [1.29, 1.82) is 0 Å². The molecule has 33 heavy (non-hydrogen) atoms. The van der Waals surface area contributed by atoms with Crippen LogP contribution in [0.5, 0.6) is 0 Å². The van der Waals surface area contributed by atoms with Crippen LogP contribution in [0, 0.1) is 11.7 Å². The predicted molar refractivity (Wildman–Crippen MR) is 115 cm³/mol. The van der Waals surface area contributed by atoms with E-state index < -0.39 is 11.7 Å². The molecule has 1 unspecified atom stereocenters. The molecule has 2 heterocycles. The van der Waals surface area contributed by atoms with Crippen molar-refractivity contribution < 1.29 is 27.2 Å². The maximum absolute atomic E-state index is 13.5. The van der Waals surface area contributed by atoms with Crippen LogP contribution in [0.3, 0.4) is 0 Å². The number of hydrogen-bond donors (Lipinski definition) is 0. The van der Waals surface area contributed by atoms with Gasteiger partial charge in [-0.05, 0) is 74.1 Å². The summed E-state index contributed by atoms with van der Waals surface area (Å²) in [6.45, 7) is 1.46. The molecule has 0 N–H and O–H groups in total. The third-order valence-corrected chi connectivity index (χ3v) is 6.61. The standard InChI is InChI=1S/C25H26F4N2O2/c26-21-4-1-3-17(15-21)16-22-5-2-12-31(22)24(33)19-10-13-30(14-11-19)23(32)18-6-8-20(9-7-18)25(27,28)29/h1,3-4,6-9,15,19,22H,2,5,10-14,16H2. The molecule has 0 aromatic heterocycles. The van der Waals surface area contributed by atoms with Gasteiger partial charge < -0.3 is 9.80 Å². The van der Waals surface area contributed by atoms with Crippen molar-refractivity contribution in [2.75, 3.05) is 19.6 Å². The largest absolute Gasteiger partial charge is 0.416 e. The molecule has 0 aliphatic carbocycles. The van der Waals surface area contributed by atoms with Crippen LogP contribution in [0.15, 0.2) is 48.5 Å². The lowest BCUT2D eigenvalue weighted by atomic mass is 9.94. The lowest BCUT2D eigenvalue weighted by molar-refractivity contribution is -0.138. The molecular weight excluding hydrogens is 436 g/mol.